The Bertz CT molecular complexity index is 928. The average molecular weight is 377 g/mol. The topological polar surface area (TPSA) is 84.7 Å². The molecule has 1 saturated heterocycles. The molecule has 0 radical (unpaired) electrons. The van der Waals surface area contributed by atoms with Crippen LogP contribution >= 0.6 is 0 Å². The van der Waals surface area contributed by atoms with Crippen LogP contribution in [0.25, 0.3) is 5.69 Å². The Hall–Kier alpha value is -2.81. The van der Waals surface area contributed by atoms with Gasteiger partial charge in [0.25, 0.3) is 5.91 Å². The van der Waals surface area contributed by atoms with Gasteiger partial charge in [0, 0.05) is 17.8 Å². The maximum Gasteiger partial charge on any atom is 0.328 e. The zero-order valence-corrected chi connectivity index (χ0v) is 14.3. The maximum atomic E-state index is 14.3. The number of amides is 1. The highest BCUT2D eigenvalue weighted by molar-refractivity contribution is 5.97. The van der Waals surface area contributed by atoms with Gasteiger partial charge in [-0.25, -0.2) is 18.3 Å². The van der Waals surface area contributed by atoms with Crippen LogP contribution in [0.2, 0.25) is 0 Å². The van der Waals surface area contributed by atoms with Crippen molar-refractivity contribution < 1.29 is 28.2 Å². The molecule has 0 saturated carbocycles. The molecule has 1 N–H and O–H groups in total. The van der Waals surface area contributed by atoms with Gasteiger partial charge in [-0.2, -0.15) is 5.10 Å². The summed E-state index contributed by atoms with van der Waals surface area (Å²) in [5.74, 6) is -3.72. The van der Waals surface area contributed by atoms with E-state index in [9.17, 15) is 23.5 Å². The largest absolute Gasteiger partial charge is 0.480 e. The molecule has 1 atom stereocenters. The Labute approximate surface area is 153 Å². The monoisotopic (exact) mass is 377 g/mol. The minimum atomic E-state index is -1.16. The second kappa shape index (κ2) is 6.73. The van der Waals surface area contributed by atoms with Crippen LogP contribution in [0.4, 0.5) is 8.78 Å². The van der Waals surface area contributed by atoms with E-state index in [2.05, 4.69) is 5.10 Å². The number of hydrogen-bond acceptors (Lipinski definition) is 4. The van der Waals surface area contributed by atoms with Crippen LogP contribution in [0.3, 0.4) is 0 Å². The number of fused-ring (bicyclic) bond motifs is 1. The molecule has 1 fully saturated rings. The van der Waals surface area contributed by atoms with Crippen LogP contribution in [-0.4, -0.2) is 57.5 Å². The van der Waals surface area contributed by atoms with Crippen LogP contribution in [0.1, 0.15) is 28.2 Å². The molecule has 2 aliphatic rings. The number of carbonyl (C=O) groups excluding carboxylic acids is 1. The Morgan fingerprint density at radius 2 is 2.07 bits per heavy atom. The third-order valence-electron chi connectivity index (χ3n) is 4.97. The highest BCUT2D eigenvalue weighted by atomic mass is 19.2. The molecule has 4 rings (SSSR count). The molecule has 1 aliphatic heterocycles. The molecule has 9 heteroatoms. The molecular formula is C18H17F2N3O4. The van der Waals surface area contributed by atoms with Crippen molar-refractivity contribution in [2.45, 2.75) is 25.3 Å². The van der Waals surface area contributed by atoms with Gasteiger partial charge in [0.2, 0.25) is 0 Å². The van der Waals surface area contributed by atoms with Crippen molar-refractivity contribution in [2.75, 3.05) is 19.8 Å². The third-order valence-corrected chi connectivity index (χ3v) is 4.97. The fourth-order valence-electron chi connectivity index (χ4n) is 3.65. The van der Waals surface area contributed by atoms with Gasteiger partial charge in [0.05, 0.1) is 13.2 Å². The average Bonchev–Trinajstić information content (AvgIpc) is 3.26. The highest BCUT2D eigenvalue weighted by Gasteiger charge is 2.37. The van der Waals surface area contributed by atoms with Gasteiger partial charge in [-0.15, -0.1) is 0 Å². The fraction of sp³-hybridized carbons (Fsp3) is 0.389. The summed E-state index contributed by atoms with van der Waals surface area (Å²) in [6.45, 7) is 0.269. The van der Waals surface area contributed by atoms with Crippen LogP contribution in [-0.2, 0) is 22.4 Å². The smallest absolute Gasteiger partial charge is 0.328 e. The Balaban J connectivity index is 1.77. The summed E-state index contributed by atoms with van der Waals surface area (Å²) < 4.78 is 34.3. The first kappa shape index (κ1) is 17.6. The predicted octanol–water partition coefficient (Wildman–Crippen LogP) is 1.56. The van der Waals surface area contributed by atoms with Gasteiger partial charge in [0.1, 0.15) is 5.69 Å². The molecule has 1 aliphatic carbocycles. The highest BCUT2D eigenvalue weighted by Crippen LogP contribution is 2.30. The van der Waals surface area contributed by atoms with E-state index in [1.165, 1.54) is 21.7 Å². The zero-order chi connectivity index (χ0) is 19.1. The summed E-state index contributed by atoms with van der Waals surface area (Å²) in [6.07, 6.45) is 1.92. The van der Waals surface area contributed by atoms with Gasteiger partial charge < -0.3 is 14.7 Å². The number of halogens is 2. The lowest BCUT2D eigenvalue weighted by atomic mass is 10.1. The Morgan fingerprint density at radius 1 is 1.26 bits per heavy atom. The number of carboxylic acid groups (broad SMARTS) is 1. The number of nitrogens with zero attached hydrogens (tertiary/aromatic N) is 3. The molecule has 142 valence electrons. The first-order valence-electron chi connectivity index (χ1n) is 8.65. The first-order valence-corrected chi connectivity index (χ1v) is 8.65. The molecule has 27 heavy (non-hydrogen) atoms. The number of rotatable bonds is 3. The lowest BCUT2D eigenvalue weighted by Gasteiger charge is -2.32. The van der Waals surface area contributed by atoms with Crippen molar-refractivity contribution >= 4 is 11.9 Å². The molecule has 1 amide bonds. The summed E-state index contributed by atoms with van der Waals surface area (Å²) in [7, 11) is 0. The van der Waals surface area contributed by atoms with Crippen LogP contribution in [0.5, 0.6) is 0 Å². The number of benzene rings is 1. The molecule has 2 aromatic rings. The normalized spacial score (nSPS) is 19.2. The predicted molar refractivity (Wildman–Crippen MR) is 88.8 cm³/mol. The van der Waals surface area contributed by atoms with E-state index in [-0.39, 0.29) is 31.1 Å². The van der Waals surface area contributed by atoms with E-state index in [0.717, 1.165) is 12.5 Å². The lowest BCUT2D eigenvalue weighted by molar-refractivity contribution is -0.147. The van der Waals surface area contributed by atoms with E-state index < -0.39 is 29.6 Å². The summed E-state index contributed by atoms with van der Waals surface area (Å²) >= 11 is 0. The quantitative estimate of drug-likeness (QED) is 0.878. The SMILES string of the molecule is O=C(O)C1COCCN1C(=O)c1nn(-c2cccc(F)c2F)c2c1CCC2. The second-order valence-electron chi connectivity index (χ2n) is 6.54. The zero-order valence-electron chi connectivity index (χ0n) is 14.3. The number of carboxylic acids is 1. The van der Waals surface area contributed by atoms with E-state index in [1.54, 1.807) is 0 Å². The van der Waals surface area contributed by atoms with Gasteiger partial charge >= 0.3 is 5.97 Å². The van der Waals surface area contributed by atoms with Crippen molar-refractivity contribution in [1.29, 1.82) is 0 Å². The van der Waals surface area contributed by atoms with Crippen molar-refractivity contribution in [3.63, 3.8) is 0 Å². The molecule has 0 bridgehead atoms. The van der Waals surface area contributed by atoms with E-state index >= 15 is 0 Å². The number of carbonyl (C=O) groups is 2. The van der Waals surface area contributed by atoms with Crippen LogP contribution in [0.15, 0.2) is 18.2 Å². The summed E-state index contributed by atoms with van der Waals surface area (Å²) in [6, 6.07) is 2.69. The molecule has 1 aromatic carbocycles. The van der Waals surface area contributed by atoms with Gasteiger partial charge in [-0.05, 0) is 31.4 Å². The first-order chi connectivity index (χ1) is 13.0. The van der Waals surface area contributed by atoms with E-state index in [4.69, 9.17) is 4.74 Å². The minimum Gasteiger partial charge on any atom is -0.480 e. The second-order valence-corrected chi connectivity index (χ2v) is 6.54. The molecule has 2 heterocycles. The van der Waals surface area contributed by atoms with Crippen molar-refractivity contribution in [3.8, 4) is 5.69 Å². The summed E-state index contributed by atoms with van der Waals surface area (Å²) in [5, 5.41) is 13.6. The number of morpholine rings is 1. The molecule has 1 unspecified atom stereocenters. The Kier molecular flexibility index (Phi) is 4.39. The lowest BCUT2D eigenvalue weighted by Crippen LogP contribution is -2.52. The number of aliphatic carboxylic acids is 1. The molecule has 1 aromatic heterocycles. The van der Waals surface area contributed by atoms with Crippen molar-refractivity contribution in [1.82, 2.24) is 14.7 Å². The summed E-state index contributed by atoms with van der Waals surface area (Å²) in [5.41, 5.74) is 1.35. The number of ether oxygens (including phenoxy) is 1. The molecular weight excluding hydrogens is 360 g/mol. The molecule has 0 spiro atoms. The maximum absolute atomic E-state index is 14.3. The minimum absolute atomic E-state index is 0.0658. The Morgan fingerprint density at radius 3 is 2.85 bits per heavy atom. The van der Waals surface area contributed by atoms with Crippen molar-refractivity contribution in [3.05, 3.63) is 46.8 Å². The summed E-state index contributed by atoms with van der Waals surface area (Å²) in [4.78, 5) is 25.7. The van der Waals surface area contributed by atoms with E-state index in [0.29, 0.717) is 24.1 Å². The van der Waals surface area contributed by atoms with Crippen LogP contribution < -0.4 is 0 Å². The number of hydrogen-bond donors (Lipinski definition) is 1. The third kappa shape index (κ3) is 2.87. The van der Waals surface area contributed by atoms with E-state index in [1.807, 2.05) is 0 Å². The fourth-order valence-corrected chi connectivity index (χ4v) is 3.65. The molecule has 7 nitrogen and oxygen atoms in total. The van der Waals surface area contributed by atoms with Gasteiger partial charge in [-0.1, -0.05) is 6.07 Å². The van der Waals surface area contributed by atoms with Gasteiger partial charge in [-0.3, -0.25) is 4.79 Å². The van der Waals surface area contributed by atoms with Crippen LogP contribution in [0, 0.1) is 11.6 Å². The van der Waals surface area contributed by atoms with Crippen molar-refractivity contribution in [2.24, 2.45) is 0 Å². The standard InChI is InChI=1S/C18H17F2N3O4/c19-11-4-2-6-13(15(11)20)23-12-5-1-3-10(12)16(21-23)17(24)22-7-8-27-9-14(22)18(25)26/h2,4,6,14H,1,3,5,7-9H2,(H,25,26). The van der Waals surface area contributed by atoms with Gasteiger partial charge in [0.15, 0.2) is 23.4 Å². The number of aromatic nitrogens is 2.